The Morgan fingerprint density at radius 1 is 1.50 bits per heavy atom. The molecule has 18 heavy (non-hydrogen) atoms. The number of rotatable bonds is 5. The van der Waals surface area contributed by atoms with E-state index >= 15 is 0 Å². The summed E-state index contributed by atoms with van der Waals surface area (Å²) in [4.78, 5) is 12.1. The molecule has 0 bridgehead atoms. The first-order valence-electron chi connectivity index (χ1n) is 5.92. The number of hydrogen-bond acceptors (Lipinski definition) is 3. The van der Waals surface area contributed by atoms with Crippen LogP contribution in [0.4, 0.5) is 0 Å². The Kier molecular flexibility index (Phi) is 4.87. The van der Waals surface area contributed by atoms with Crippen molar-refractivity contribution in [2.24, 2.45) is 0 Å². The molecule has 0 radical (unpaired) electrons. The molecule has 0 saturated heterocycles. The summed E-state index contributed by atoms with van der Waals surface area (Å²) in [5.41, 5.74) is 0.661. The molecule has 0 unspecified atom stereocenters. The maximum atomic E-state index is 12.1. The van der Waals surface area contributed by atoms with Crippen LogP contribution in [0.15, 0.2) is 24.3 Å². The predicted molar refractivity (Wildman–Crippen MR) is 68.9 cm³/mol. The molecule has 1 aromatic carbocycles. The third-order valence-corrected chi connectivity index (χ3v) is 2.90. The highest BCUT2D eigenvalue weighted by molar-refractivity contribution is 5.87. The van der Waals surface area contributed by atoms with Gasteiger partial charge in [-0.15, -0.1) is 0 Å². The minimum Gasteiger partial charge on any atom is -0.396 e. The van der Waals surface area contributed by atoms with E-state index in [-0.39, 0.29) is 12.5 Å². The molecule has 1 aromatic rings. The molecule has 0 saturated carbocycles. The fraction of sp³-hybridized carbons (Fsp3) is 0.429. The molecule has 1 amide bonds. The molecule has 4 heteroatoms. The van der Waals surface area contributed by atoms with Crippen LogP contribution in [0.3, 0.4) is 0 Å². The number of hydrogen-bond donors (Lipinski definition) is 2. The van der Waals surface area contributed by atoms with Gasteiger partial charge in [0.05, 0.1) is 17.0 Å². The van der Waals surface area contributed by atoms with Crippen molar-refractivity contribution < 1.29 is 9.90 Å². The van der Waals surface area contributed by atoms with Gasteiger partial charge in [-0.1, -0.05) is 12.1 Å². The van der Waals surface area contributed by atoms with Crippen LogP contribution in [-0.4, -0.2) is 24.2 Å². The van der Waals surface area contributed by atoms with Crippen molar-refractivity contribution in [3.63, 3.8) is 0 Å². The fourth-order valence-corrected chi connectivity index (χ4v) is 1.61. The molecule has 0 aliphatic heterocycles. The van der Waals surface area contributed by atoms with Gasteiger partial charge in [0.2, 0.25) is 5.91 Å². The molecule has 96 valence electrons. The zero-order valence-electron chi connectivity index (χ0n) is 10.7. The number of carbonyl (C=O) groups is 1. The normalized spacial score (nSPS) is 10.8. The molecular formula is C14H18N2O2. The van der Waals surface area contributed by atoms with Crippen LogP contribution < -0.4 is 5.32 Å². The lowest BCUT2D eigenvalue weighted by Gasteiger charge is -2.24. The molecule has 0 spiro atoms. The summed E-state index contributed by atoms with van der Waals surface area (Å²) in [6.45, 7) is 4.15. The van der Waals surface area contributed by atoms with Crippen LogP contribution in [0.2, 0.25) is 0 Å². The molecular weight excluding hydrogens is 228 g/mol. The van der Waals surface area contributed by atoms with Crippen LogP contribution in [0.25, 0.3) is 0 Å². The second kappa shape index (κ2) is 6.18. The quantitative estimate of drug-likeness (QED) is 0.770. The number of aliphatic hydroxyl groups excluding tert-OH is 1. The first-order chi connectivity index (χ1) is 8.52. The zero-order valence-corrected chi connectivity index (χ0v) is 10.7. The molecule has 1 rings (SSSR count). The highest BCUT2D eigenvalue weighted by atomic mass is 16.3. The van der Waals surface area contributed by atoms with Crippen molar-refractivity contribution in [3.8, 4) is 6.07 Å². The molecule has 0 atom stereocenters. The monoisotopic (exact) mass is 246 g/mol. The maximum Gasteiger partial charge on any atom is 0.230 e. The van der Waals surface area contributed by atoms with E-state index in [1.54, 1.807) is 18.2 Å². The van der Waals surface area contributed by atoms with Crippen LogP contribution in [-0.2, 0) is 10.2 Å². The Balaban J connectivity index is 2.84. The molecule has 2 N–H and O–H groups in total. The molecule has 0 aliphatic rings. The lowest BCUT2D eigenvalue weighted by atomic mass is 9.83. The van der Waals surface area contributed by atoms with E-state index in [0.29, 0.717) is 18.5 Å². The average Bonchev–Trinajstić information content (AvgIpc) is 2.39. The summed E-state index contributed by atoms with van der Waals surface area (Å²) in [6, 6.07) is 9.12. The summed E-state index contributed by atoms with van der Waals surface area (Å²) in [6.07, 6.45) is 0.542. The highest BCUT2D eigenvalue weighted by Gasteiger charge is 2.29. The Hall–Kier alpha value is -1.86. The van der Waals surface area contributed by atoms with E-state index in [4.69, 9.17) is 10.4 Å². The summed E-state index contributed by atoms with van der Waals surface area (Å²) in [5.74, 6) is -0.106. The summed E-state index contributed by atoms with van der Waals surface area (Å²) in [7, 11) is 0. The van der Waals surface area contributed by atoms with Crippen molar-refractivity contribution in [2.45, 2.75) is 25.7 Å². The summed E-state index contributed by atoms with van der Waals surface area (Å²) >= 11 is 0. The van der Waals surface area contributed by atoms with Gasteiger partial charge in [0.1, 0.15) is 0 Å². The number of nitrogens with one attached hydrogen (secondary N) is 1. The summed E-state index contributed by atoms with van der Waals surface area (Å²) < 4.78 is 0. The Morgan fingerprint density at radius 3 is 2.83 bits per heavy atom. The number of carbonyl (C=O) groups excluding carboxylic acids is 1. The van der Waals surface area contributed by atoms with Crippen LogP contribution in [0.5, 0.6) is 0 Å². The lowest BCUT2D eigenvalue weighted by Crippen LogP contribution is -2.40. The molecule has 4 nitrogen and oxygen atoms in total. The number of aliphatic hydroxyl groups is 1. The van der Waals surface area contributed by atoms with Gasteiger partial charge in [-0.05, 0) is 38.0 Å². The third kappa shape index (κ3) is 3.31. The molecule has 0 aliphatic carbocycles. The Morgan fingerprint density at radius 2 is 2.22 bits per heavy atom. The first-order valence-corrected chi connectivity index (χ1v) is 5.92. The predicted octanol–water partition coefficient (Wildman–Crippen LogP) is 1.33. The smallest absolute Gasteiger partial charge is 0.230 e. The molecule has 0 aromatic heterocycles. The van der Waals surface area contributed by atoms with Gasteiger partial charge >= 0.3 is 0 Å². The van der Waals surface area contributed by atoms with Gasteiger partial charge in [-0.2, -0.15) is 5.26 Å². The minimum atomic E-state index is -0.692. The van der Waals surface area contributed by atoms with Gasteiger partial charge in [0.15, 0.2) is 0 Å². The van der Waals surface area contributed by atoms with Crippen molar-refractivity contribution in [2.75, 3.05) is 13.2 Å². The SMILES string of the molecule is CC(C)(C(=O)NCCCO)c1cccc(C#N)c1. The average molecular weight is 246 g/mol. The topological polar surface area (TPSA) is 73.1 Å². The first kappa shape index (κ1) is 14.2. The second-order valence-corrected chi connectivity index (χ2v) is 4.65. The second-order valence-electron chi connectivity index (χ2n) is 4.65. The highest BCUT2D eigenvalue weighted by Crippen LogP contribution is 2.24. The standard InChI is InChI=1S/C14H18N2O2/c1-14(2,13(18)16-7-4-8-17)12-6-3-5-11(9-12)10-15/h3,5-6,9,17H,4,7-8H2,1-2H3,(H,16,18). The number of benzene rings is 1. The van der Waals surface area contributed by atoms with Gasteiger partial charge in [-0.25, -0.2) is 0 Å². The van der Waals surface area contributed by atoms with E-state index < -0.39 is 5.41 Å². The van der Waals surface area contributed by atoms with Gasteiger partial charge in [0, 0.05) is 13.2 Å². The van der Waals surface area contributed by atoms with E-state index in [1.165, 1.54) is 0 Å². The summed E-state index contributed by atoms with van der Waals surface area (Å²) in [5, 5.41) is 20.3. The largest absolute Gasteiger partial charge is 0.396 e. The van der Waals surface area contributed by atoms with Crippen LogP contribution in [0, 0.1) is 11.3 Å². The molecule has 0 fully saturated rings. The van der Waals surface area contributed by atoms with Crippen molar-refractivity contribution in [1.29, 1.82) is 5.26 Å². The van der Waals surface area contributed by atoms with E-state index in [2.05, 4.69) is 11.4 Å². The number of nitriles is 1. The fourth-order valence-electron chi connectivity index (χ4n) is 1.61. The van der Waals surface area contributed by atoms with Crippen LogP contribution >= 0.6 is 0 Å². The Bertz CT molecular complexity index is 461. The van der Waals surface area contributed by atoms with Crippen molar-refractivity contribution in [1.82, 2.24) is 5.32 Å². The van der Waals surface area contributed by atoms with E-state index in [9.17, 15) is 4.79 Å². The van der Waals surface area contributed by atoms with Gasteiger partial charge < -0.3 is 10.4 Å². The number of nitrogens with zero attached hydrogens (tertiary/aromatic N) is 1. The van der Waals surface area contributed by atoms with Gasteiger partial charge in [-0.3, -0.25) is 4.79 Å². The van der Waals surface area contributed by atoms with Crippen molar-refractivity contribution >= 4 is 5.91 Å². The Labute approximate surface area is 107 Å². The van der Waals surface area contributed by atoms with Crippen LogP contribution in [0.1, 0.15) is 31.4 Å². The molecule has 0 heterocycles. The third-order valence-electron chi connectivity index (χ3n) is 2.90. The van der Waals surface area contributed by atoms with E-state index in [0.717, 1.165) is 5.56 Å². The number of amides is 1. The zero-order chi connectivity index (χ0) is 13.6. The van der Waals surface area contributed by atoms with Crippen molar-refractivity contribution in [3.05, 3.63) is 35.4 Å². The van der Waals surface area contributed by atoms with Gasteiger partial charge in [0.25, 0.3) is 0 Å². The maximum absolute atomic E-state index is 12.1. The van der Waals surface area contributed by atoms with E-state index in [1.807, 2.05) is 19.9 Å². The lowest BCUT2D eigenvalue weighted by molar-refractivity contribution is -0.125. The minimum absolute atomic E-state index is 0.0601.